The summed E-state index contributed by atoms with van der Waals surface area (Å²) < 4.78 is 14.6. The van der Waals surface area contributed by atoms with E-state index in [-0.39, 0.29) is 45.5 Å². The Hall–Kier alpha value is -0.210. The van der Waals surface area contributed by atoms with Crippen LogP contribution in [0.4, 0.5) is 0 Å². The number of ketones is 1. The molecule has 3 nitrogen and oxygen atoms in total. The third kappa shape index (κ3) is 4.01. The Morgan fingerprint density at radius 2 is 1.92 bits per heavy atom. The van der Waals surface area contributed by atoms with Gasteiger partial charge in [0, 0.05) is 5.56 Å². The molecule has 0 bridgehead atoms. The zero-order valence-corrected chi connectivity index (χ0v) is 10.4. The molecule has 5 heteroatoms. The van der Waals surface area contributed by atoms with Crippen LogP contribution in [0.25, 0.3) is 0 Å². The van der Waals surface area contributed by atoms with Crippen LogP contribution >= 0.6 is 8.69 Å². The van der Waals surface area contributed by atoms with Gasteiger partial charge in [-0.1, -0.05) is 0 Å². The first-order valence-electron chi connectivity index (χ1n) is 3.34. The number of carbonyl (C=O) groups excluding carboxylic acids is 1. The minimum Gasteiger partial charge on any atom is -1.00 e. The first kappa shape index (κ1) is 12.8. The van der Waals surface area contributed by atoms with Gasteiger partial charge < -0.3 is 5.95 Å². The molecule has 0 aromatic heterocycles. The molecule has 1 rings (SSSR count). The summed E-state index contributed by atoms with van der Waals surface area (Å²) in [4.78, 5) is 10.8. The minimum atomic E-state index is -0.387. The fourth-order valence-electron chi connectivity index (χ4n) is 0.794. The molecule has 0 amide bonds. The van der Waals surface area contributed by atoms with Crippen molar-refractivity contribution in [3.63, 3.8) is 0 Å². The normalized spacial score (nSPS) is 9.00. The van der Waals surface area contributed by atoms with E-state index < -0.39 is 0 Å². The summed E-state index contributed by atoms with van der Waals surface area (Å²) in [6.07, 6.45) is 0. The predicted octanol–water partition coefficient (Wildman–Crippen LogP) is -0.409. The number of rotatable bonds is 3. The number of carbonyl (C=O) groups is 1. The number of benzene rings is 1. The van der Waals surface area contributed by atoms with Crippen molar-refractivity contribution in [3.05, 3.63) is 29.8 Å². The summed E-state index contributed by atoms with van der Waals surface area (Å²) in [6.45, 7) is 1.49. The van der Waals surface area contributed by atoms with E-state index in [0.29, 0.717) is 11.3 Å². The van der Waals surface area contributed by atoms with Gasteiger partial charge in [-0.15, -0.1) is 0 Å². The molecule has 0 N–H and O–H groups in total. The fraction of sp³-hybridized carbons (Fsp3) is 0.125. The Bertz CT molecular complexity index is 302. The second-order valence-electron chi connectivity index (χ2n) is 2.25. The maximum absolute atomic E-state index is 10.8. The molecule has 1 aromatic carbocycles. The van der Waals surface area contributed by atoms with Gasteiger partial charge in [0.1, 0.15) is 5.75 Å². The predicted molar refractivity (Wildman–Crippen MR) is 45.8 cm³/mol. The van der Waals surface area contributed by atoms with E-state index in [1.165, 1.54) is 6.92 Å². The Morgan fingerprint density at radius 1 is 1.38 bits per heavy atom. The van der Waals surface area contributed by atoms with Gasteiger partial charge in [-0.2, -0.15) is 0 Å². The zero-order chi connectivity index (χ0) is 8.97. The SMILES string of the molecule is CC(=O)c1ccc(OP=O)cc1.[H-].[Na+]. The number of hydrogen-bond acceptors (Lipinski definition) is 3. The van der Waals surface area contributed by atoms with Crippen LogP contribution in [0.15, 0.2) is 24.3 Å². The largest absolute Gasteiger partial charge is 1.00 e. The van der Waals surface area contributed by atoms with Crippen molar-refractivity contribution < 1.29 is 44.9 Å². The second kappa shape index (κ2) is 6.28. The maximum atomic E-state index is 10.8. The molecule has 0 saturated carbocycles. The fourth-order valence-corrected chi connectivity index (χ4v) is 1.00. The van der Waals surface area contributed by atoms with Crippen LogP contribution in [-0.4, -0.2) is 5.78 Å². The van der Waals surface area contributed by atoms with E-state index in [1.807, 2.05) is 0 Å². The summed E-state index contributed by atoms with van der Waals surface area (Å²) in [6, 6.07) is 6.45. The molecule has 0 atom stereocenters. The van der Waals surface area contributed by atoms with Gasteiger partial charge in [0.2, 0.25) is 0 Å². The van der Waals surface area contributed by atoms with Crippen LogP contribution in [0, 0.1) is 0 Å². The summed E-state index contributed by atoms with van der Waals surface area (Å²) in [5.74, 6) is 0.484. The van der Waals surface area contributed by atoms with Crippen molar-refractivity contribution in [1.29, 1.82) is 0 Å². The van der Waals surface area contributed by atoms with Gasteiger partial charge in [0.05, 0.1) is 0 Å². The quantitative estimate of drug-likeness (QED) is 0.383. The first-order valence-corrected chi connectivity index (χ1v) is 4.08. The van der Waals surface area contributed by atoms with Crippen LogP contribution in [0.3, 0.4) is 0 Å². The molecule has 0 saturated heterocycles. The van der Waals surface area contributed by atoms with Crippen molar-refractivity contribution in [1.82, 2.24) is 0 Å². The molecule has 0 spiro atoms. The van der Waals surface area contributed by atoms with Crippen LogP contribution < -0.4 is 34.1 Å². The maximum Gasteiger partial charge on any atom is 1.00 e. The van der Waals surface area contributed by atoms with Crippen molar-refractivity contribution in [2.45, 2.75) is 6.92 Å². The molecular weight excluding hydrogens is 198 g/mol. The van der Waals surface area contributed by atoms with E-state index in [2.05, 4.69) is 4.52 Å². The Balaban J connectivity index is 0. The van der Waals surface area contributed by atoms with E-state index in [9.17, 15) is 9.36 Å². The van der Waals surface area contributed by atoms with Crippen LogP contribution in [0.5, 0.6) is 5.75 Å². The zero-order valence-electron chi connectivity index (χ0n) is 8.48. The first-order chi connectivity index (χ1) is 5.74. The third-order valence-corrected chi connectivity index (χ3v) is 1.69. The molecule has 0 unspecified atom stereocenters. The molecule has 0 fully saturated rings. The molecule has 0 aliphatic carbocycles. The van der Waals surface area contributed by atoms with E-state index in [1.54, 1.807) is 24.3 Å². The molecule has 0 radical (unpaired) electrons. The van der Waals surface area contributed by atoms with Crippen LogP contribution in [0.2, 0.25) is 0 Å². The van der Waals surface area contributed by atoms with Gasteiger partial charge in [-0.25, -0.2) is 4.57 Å². The molecule has 64 valence electrons. The molecule has 0 aliphatic rings. The summed E-state index contributed by atoms with van der Waals surface area (Å²) >= 11 is 0. The molecule has 0 heterocycles. The topological polar surface area (TPSA) is 43.4 Å². The van der Waals surface area contributed by atoms with Gasteiger partial charge >= 0.3 is 38.2 Å². The number of Topliss-reactive ketones (excluding diaryl/α,β-unsaturated/α-hetero) is 1. The molecular formula is C8H8NaO3P. The Labute approximate surface area is 102 Å². The third-order valence-electron chi connectivity index (χ3n) is 1.40. The molecule has 13 heavy (non-hydrogen) atoms. The van der Waals surface area contributed by atoms with E-state index in [4.69, 9.17) is 0 Å². The van der Waals surface area contributed by atoms with Crippen LogP contribution in [-0.2, 0) is 4.57 Å². The second-order valence-corrected chi connectivity index (χ2v) is 2.58. The molecule has 1 aromatic rings. The minimum absolute atomic E-state index is 0. The summed E-state index contributed by atoms with van der Waals surface area (Å²) in [7, 11) is -0.387. The number of hydrogen-bond donors (Lipinski definition) is 0. The van der Waals surface area contributed by atoms with Gasteiger partial charge in [0.25, 0.3) is 0 Å². The van der Waals surface area contributed by atoms with Gasteiger partial charge in [-0.3, -0.25) is 4.79 Å². The van der Waals surface area contributed by atoms with Crippen LogP contribution in [0.1, 0.15) is 18.7 Å². The van der Waals surface area contributed by atoms with E-state index in [0.717, 1.165) is 0 Å². The van der Waals surface area contributed by atoms with Gasteiger partial charge in [0.15, 0.2) is 5.78 Å². The smallest absolute Gasteiger partial charge is 1.00 e. The van der Waals surface area contributed by atoms with Crippen molar-refractivity contribution in [2.75, 3.05) is 0 Å². The van der Waals surface area contributed by atoms with Crippen molar-refractivity contribution in [3.8, 4) is 5.75 Å². The van der Waals surface area contributed by atoms with Crippen molar-refractivity contribution in [2.24, 2.45) is 0 Å². The molecule has 0 aliphatic heterocycles. The van der Waals surface area contributed by atoms with Gasteiger partial charge in [-0.05, 0) is 31.2 Å². The Morgan fingerprint density at radius 3 is 2.31 bits per heavy atom. The average molecular weight is 206 g/mol. The van der Waals surface area contributed by atoms with E-state index >= 15 is 0 Å². The Kier molecular flexibility index (Phi) is 6.17. The standard InChI is InChI=1S/C8H7O3P.Na.H/c1-6(9)7-2-4-8(5-3-7)11-12-10;;/h2-5H,1H3;;/q;+1;-1. The average Bonchev–Trinajstić information content (AvgIpc) is 2.06. The van der Waals surface area contributed by atoms with Crippen molar-refractivity contribution >= 4 is 14.5 Å². The summed E-state index contributed by atoms with van der Waals surface area (Å²) in [5.41, 5.74) is 0.616. The monoisotopic (exact) mass is 206 g/mol. The summed E-state index contributed by atoms with van der Waals surface area (Å²) in [5, 5.41) is 0.